The van der Waals surface area contributed by atoms with Gasteiger partial charge in [0.25, 0.3) is 0 Å². The van der Waals surface area contributed by atoms with E-state index in [-0.39, 0.29) is 16.9 Å². The van der Waals surface area contributed by atoms with Crippen molar-refractivity contribution in [3.8, 4) is 0 Å². The molecule has 0 saturated heterocycles. The molecule has 1 atom stereocenters. The number of rotatable bonds is 5. The van der Waals surface area contributed by atoms with Crippen molar-refractivity contribution in [2.24, 2.45) is 0 Å². The number of benzene rings is 1. The zero-order valence-electron chi connectivity index (χ0n) is 14.5. The summed E-state index contributed by atoms with van der Waals surface area (Å²) >= 11 is 1.33. The third-order valence-electron chi connectivity index (χ3n) is 3.82. The van der Waals surface area contributed by atoms with Gasteiger partial charge in [-0.25, -0.2) is 9.97 Å². The number of ketones is 1. The van der Waals surface area contributed by atoms with E-state index in [0.717, 1.165) is 17.0 Å². The number of Topliss-reactive ketones (excluding diaryl/α,β-unsaturated/α-hetero) is 1. The van der Waals surface area contributed by atoms with Crippen LogP contribution in [0.2, 0.25) is 0 Å². The summed E-state index contributed by atoms with van der Waals surface area (Å²) in [5.41, 5.74) is 4.21. The molecule has 0 unspecified atom stereocenters. The lowest BCUT2D eigenvalue weighted by Crippen LogP contribution is -2.22. The Morgan fingerprint density at radius 2 is 1.58 bits per heavy atom. The molecule has 2 rings (SSSR count). The van der Waals surface area contributed by atoms with E-state index in [1.165, 1.54) is 18.7 Å². The molecule has 126 valence electrons. The first-order valence-electron chi connectivity index (χ1n) is 7.68. The van der Waals surface area contributed by atoms with Gasteiger partial charge in [-0.3, -0.25) is 9.59 Å². The number of hydrogen-bond acceptors (Lipinski definition) is 5. The van der Waals surface area contributed by atoms with E-state index in [1.54, 1.807) is 24.3 Å². The number of aromatic nitrogens is 2. The number of nitrogens with one attached hydrogen (secondary N) is 1. The van der Waals surface area contributed by atoms with Crippen molar-refractivity contribution in [3.63, 3.8) is 0 Å². The van der Waals surface area contributed by atoms with Crippen LogP contribution < -0.4 is 5.32 Å². The van der Waals surface area contributed by atoms with Gasteiger partial charge in [0, 0.05) is 22.6 Å². The highest BCUT2D eigenvalue weighted by Gasteiger charge is 2.17. The fourth-order valence-corrected chi connectivity index (χ4v) is 2.90. The fourth-order valence-electron chi connectivity index (χ4n) is 2.04. The molecule has 1 N–H and O–H groups in total. The van der Waals surface area contributed by atoms with E-state index >= 15 is 0 Å². The van der Waals surface area contributed by atoms with Crippen LogP contribution in [0.4, 0.5) is 5.69 Å². The van der Waals surface area contributed by atoms with E-state index in [4.69, 9.17) is 0 Å². The zero-order valence-corrected chi connectivity index (χ0v) is 15.3. The minimum absolute atomic E-state index is 0.000871. The SMILES string of the molecule is CC(=O)c1ccc(NC(=O)[C@@H](C)Sc2nc(C)c(C)c(C)n2)cc1. The van der Waals surface area contributed by atoms with Gasteiger partial charge in [0.2, 0.25) is 5.91 Å². The van der Waals surface area contributed by atoms with Gasteiger partial charge >= 0.3 is 0 Å². The Morgan fingerprint density at radius 1 is 1.04 bits per heavy atom. The van der Waals surface area contributed by atoms with Gasteiger partial charge in [-0.05, 0) is 64.4 Å². The van der Waals surface area contributed by atoms with E-state index in [1.807, 2.05) is 27.7 Å². The maximum Gasteiger partial charge on any atom is 0.237 e. The summed E-state index contributed by atoms with van der Waals surface area (Å²) in [6.45, 7) is 9.19. The topological polar surface area (TPSA) is 72.0 Å². The van der Waals surface area contributed by atoms with Gasteiger partial charge in [0.1, 0.15) is 0 Å². The molecule has 1 aromatic carbocycles. The maximum atomic E-state index is 12.3. The number of nitrogens with zero attached hydrogens (tertiary/aromatic N) is 2. The first-order valence-corrected chi connectivity index (χ1v) is 8.56. The van der Waals surface area contributed by atoms with Gasteiger partial charge in [-0.1, -0.05) is 11.8 Å². The summed E-state index contributed by atoms with van der Waals surface area (Å²) < 4.78 is 0. The molecule has 0 spiro atoms. The summed E-state index contributed by atoms with van der Waals surface area (Å²) in [5, 5.41) is 3.11. The molecule has 5 nitrogen and oxygen atoms in total. The van der Waals surface area contributed by atoms with E-state index < -0.39 is 0 Å². The second-order valence-corrected chi connectivity index (χ2v) is 6.99. The number of hydrogen-bond donors (Lipinski definition) is 1. The molecule has 0 aliphatic carbocycles. The highest BCUT2D eigenvalue weighted by atomic mass is 32.2. The lowest BCUT2D eigenvalue weighted by atomic mass is 10.1. The molecular formula is C18H21N3O2S. The van der Waals surface area contributed by atoms with Gasteiger partial charge in [0.05, 0.1) is 5.25 Å². The molecule has 0 aliphatic rings. The largest absolute Gasteiger partial charge is 0.325 e. The maximum absolute atomic E-state index is 12.3. The Balaban J connectivity index is 2.03. The van der Waals surface area contributed by atoms with Gasteiger partial charge in [0.15, 0.2) is 10.9 Å². The molecule has 0 aliphatic heterocycles. The Morgan fingerprint density at radius 3 is 2.08 bits per heavy atom. The van der Waals surface area contributed by atoms with E-state index in [2.05, 4.69) is 15.3 Å². The average molecular weight is 343 g/mol. The lowest BCUT2D eigenvalue weighted by Gasteiger charge is -2.13. The summed E-state index contributed by atoms with van der Waals surface area (Å²) in [6.07, 6.45) is 0. The molecule has 0 radical (unpaired) electrons. The van der Waals surface area contributed by atoms with Crippen molar-refractivity contribution in [2.75, 3.05) is 5.32 Å². The first kappa shape index (κ1) is 18.1. The van der Waals surface area contributed by atoms with Crippen molar-refractivity contribution >= 4 is 29.1 Å². The number of aryl methyl sites for hydroxylation is 2. The minimum atomic E-state index is -0.334. The molecule has 0 bridgehead atoms. The molecule has 0 saturated carbocycles. The molecule has 2 aromatic rings. The summed E-state index contributed by atoms with van der Waals surface area (Å²) in [4.78, 5) is 32.4. The standard InChI is InChI=1S/C18H21N3O2S/c1-10-11(2)19-18(20-12(10)3)24-14(5)17(23)21-16-8-6-15(7-9-16)13(4)22/h6-9,14H,1-5H3,(H,21,23)/t14-/m1/s1. The predicted octanol–water partition coefficient (Wildman–Crippen LogP) is 3.72. The van der Waals surface area contributed by atoms with Crippen molar-refractivity contribution in [1.82, 2.24) is 9.97 Å². The normalized spacial score (nSPS) is 11.9. The van der Waals surface area contributed by atoms with Crippen LogP contribution in [-0.4, -0.2) is 26.9 Å². The number of carbonyl (C=O) groups excluding carboxylic acids is 2. The summed E-state index contributed by atoms with van der Waals surface area (Å²) in [7, 11) is 0. The van der Waals surface area contributed by atoms with Crippen molar-refractivity contribution in [1.29, 1.82) is 0 Å². The number of thioether (sulfide) groups is 1. The average Bonchev–Trinajstić information content (AvgIpc) is 2.52. The van der Waals surface area contributed by atoms with Crippen LogP contribution in [0, 0.1) is 20.8 Å². The monoisotopic (exact) mass is 343 g/mol. The molecule has 6 heteroatoms. The van der Waals surface area contributed by atoms with Crippen LogP contribution in [0.5, 0.6) is 0 Å². The van der Waals surface area contributed by atoms with Gasteiger partial charge in [-0.2, -0.15) is 0 Å². The fraction of sp³-hybridized carbons (Fsp3) is 0.333. The number of carbonyl (C=O) groups is 2. The molecule has 1 aromatic heterocycles. The van der Waals surface area contributed by atoms with Crippen LogP contribution in [0.3, 0.4) is 0 Å². The van der Waals surface area contributed by atoms with Crippen molar-refractivity contribution in [3.05, 3.63) is 46.8 Å². The van der Waals surface area contributed by atoms with E-state index in [9.17, 15) is 9.59 Å². The molecule has 1 heterocycles. The minimum Gasteiger partial charge on any atom is -0.325 e. The quantitative estimate of drug-likeness (QED) is 0.509. The third-order valence-corrected chi connectivity index (χ3v) is 4.78. The Kier molecular flexibility index (Phi) is 5.72. The smallest absolute Gasteiger partial charge is 0.237 e. The highest BCUT2D eigenvalue weighted by Crippen LogP contribution is 2.23. The molecular weight excluding hydrogens is 322 g/mol. The van der Waals surface area contributed by atoms with Crippen LogP contribution in [0.25, 0.3) is 0 Å². The first-order chi connectivity index (χ1) is 11.3. The molecule has 1 amide bonds. The number of amides is 1. The van der Waals surface area contributed by atoms with Crippen LogP contribution in [0.1, 0.15) is 41.2 Å². The molecule has 0 fully saturated rings. The zero-order chi connectivity index (χ0) is 17.9. The number of anilines is 1. The predicted molar refractivity (Wildman–Crippen MR) is 96.6 cm³/mol. The van der Waals surface area contributed by atoms with Crippen LogP contribution >= 0.6 is 11.8 Å². The van der Waals surface area contributed by atoms with E-state index in [0.29, 0.717) is 16.4 Å². The van der Waals surface area contributed by atoms with Crippen molar-refractivity contribution < 1.29 is 9.59 Å². The van der Waals surface area contributed by atoms with Crippen LogP contribution in [-0.2, 0) is 4.79 Å². The second-order valence-electron chi connectivity index (χ2n) is 5.68. The Hall–Kier alpha value is -2.21. The van der Waals surface area contributed by atoms with Crippen LogP contribution in [0.15, 0.2) is 29.4 Å². The third kappa shape index (κ3) is 4.41. The molecule has 24 heavy (non-hydrogen) atoms. The second kappa shape index (κ2) is 7.57. The Bertz CT molecular complexity index is 749. The Labute approximate surface area is 146 Å². The van der Waals surface area contributed by atoms with Gasteiger partial charge < -0.3 is 5.32 Å². The van der Waals surface area contributed by atoms with Crippen molar-refractivity contribution in [2.45, 2.75) is 45.0 Å². The summed E-state index contributed by atoms with van der Waals surface area (Å²) in [6, 6.07) is 6.85. The lowest BCUT2D eigenvalue weighted by molar-refractivity contribution is -0.115. The van der Waals surface area contributed by atoms with Gasteiger partial charge in [-0.15, -0.1) is 0 Å². The highest BCUT2D eigenvalue weighted by molar-refractivity contribution is 8.00. The summed E-state index contributed by atoms with van der Waals surface area (Å²) in [5.74, 6) is -0.130.